The first-order valence-corrected chi connectivity index (χ1v) is 37.4. The molecule has 0 radical (unpaired) electrons. The number of nitrogens with zero attached hydrogens (tertiary/aromatic N) is 8. The molecular weight excluding hydrogens is 1450 g/mol. The van der Waals surface area contributed by atoms with Crippen LogP contribution in [0.25, 0.3) is 42.8 Å². The van der Waals surface area contributed by atoms with Gasteiger partial charge in [0.05, 0.1) is 47.9 Å². The van der Waals surface area contributed by atoms with E-state index in [9.17, 15) is 39.6 Å². The molecule has 0 unspecified atom stereocenters. The molecule has 0 amide bonds. The Balaban J connectivity index is 0.000000166. The molecule has 0 aliphatic rings. The van der Waals surface area contributed by atoms with Crippen molar-refractivity contribution in [3.63, 3.8) is 0 Å². The van der Waals surface area contributed by atoms with Gasteiger partial charge in [0, 0.05) is 92.0 Å². The molecule has 0 saturated heterocycles. The van der Waals surface area contributed by atoms with Crippen molar-refractivity contribution in [1.82, 2.24) is 39.9 Å². The van der Waals surface area contributed by atoms with Crippen molar-refractivity contribution in [2.24, 2.45) is 0 Å². The van der Waals surface area contributed by atoms with Crippen molar-refractivity contribution < 1.29 is 58.6 Å². The number of aromatic carboxylic acids is 4. The summed E-state index contributed by atoms with van der Waals surface area (Å²) in [6, 6.07) is 35.3. The second-order valence-corrected chi connectivity index (χ2v) is 27.0. The molecule has 0 aliphatic carbocycles. The number of anilines is 8. The SMILES string of the molecule is C=CCc1c(C)nc(-c2cccs2)nc1Nc1ccc(C(=O)O)c(OC)c1.C=CCc1c(CC)nc(-c2cccs2)nc1Nc1ccc(C(=O)O)c(OC)c1.CCc1c(C)nc(-c2cccs2)nc1Nc1ccc(C(=O)O)c(OC)c1.CCc1nc(-c2cccs2)nc(Nc2ccc(C(=O)O)c(OC)c2)c1CC. The molecule has 12 rings (SSSR count). The average molecular weight is 1530 g/mol. The van der Waals surface area contributed by atoms with Crippen LogP contribution < -0.4 is 40.2 Å². The number of rotatable bonds is 28. The van der Waals surface area contributed by atoms with Gasteiger partial charge in [-0.25, -0.2) is 59.0 Å². The van der Waals surface area contributed by atoms with E-state index in [1.807, 2.05) is 90.0 Å². The van der Waals surface area contributed by atoms with E-state index in [1.54, 1.807) is 100.0 Å². The first-order chi connectivity index (χ1) is 52.2. The summed E-state index contributed by atoms with van der Waals surface area (Å²) >= 11 is 6.34. The van der Waals surface area contributed by atoms with Gasteiger partial charge < -0.3 is 60.6 Å². The predicted octanol–water partition coefficient (Wildman–Crippen LogP) is 18.9. The van der Waals surface area contributed by atoms with Gasteiger partial charge in [-0.3, -0.25) is 0 Å². The molecule has 0 aliphatic heterocycles. The molecule has 0 bridgehead atoms. The minimum absolute atomic E-state index is 0.104. The van der Waals surface area contributed by atoms with Gasteiger partial charge in [-0.2, -0.15) is 0 Å². The van der Waals surface area contributed by atoms with Crippen molar-refractivity contribution in [3.8, 4) is 65.8 Å². The number of carbonyl (C=O) groups is 4. The van der Waals surface area contributed by atoms with Crippen molar-refractivity contribution in [2.75, 3.05) is 49.7 Å². The molecule has 8 aromatic heterocycles. The average Bonchev–Trinajstić information content (AvgIpc) is 1.19. The van der Waals surface area contributed by atoms with E-state index >= 15 is 0 Å². The highest BCUT2D eigenvalue weighted by Crippen LogP contribution is 2.37. The summed E-state index contributed by atoms with van der Waals surface area (Å²) in [5, 5.41) is 58.1. The van der Waals surface area contributed by atoms with Crippen molar-refractivity contribution in [1.29, 1.82) is 0 Å². The molecular formula is C80H80N12O12S4. The summed E-state index contributed by atoms with van der Waals surface area (Å²) in [6.07, 6.45) is 8.01. The van der Waals surface area contributed by atoms with Crippen LogP contribution in [0.4, 0.5) is 46.0 Å². The first kappa shape index (κ1) is 79.9. The summed E-state index contributed by atoms with van der Waals surface area (Å²) in [5.74, 6) is 2.50. The standard InChI is InChI=1S/C21H21N3O3S.C20H19N3O3S.C20H21N3O3S.C19H19N3O3S/c1-4-7-14-16(5-2)23-20(18-8-6-11-28-18)24-19(14)22-13-9-10-15(21(25)26)17(12-13)27-3;1-4-6-14-12(2)21-19(17-7-5-10-27-17)23-18(14)22-13-8-9-15(20(24)25)16(11-13)26-3;1-4-13-15(5-2)22-19(17-7-6-10-27-17)23-18(13)21-12-8-9-14(20(24)25)16(11-12)26-3;1-4-13-11(2)20-18(16-6-5-9-26-16)22-17(13)21-12-7-8-14(19(23)24)15(10-12)25-3/h4,6,8-12H,1,5,7H2,2-3H3,(H,25,26)(H,22,23,24);4-5,7-11H,1,6H2,2-3H3,(H,24,25)(H,21,22,23);6-11H,4-5H2,1-3H3,(H,24,25)(H,21,22,23);5-10H,4H2,1-3H3,(H,23,24)(H,20,21,22). The molecule has 108 heavy (non-hydrogen) atoms. The Morgan fingerprint density at radius 1 is 0.370 bits per heavy atom. The topological polar surface area (TPSA) is 337 Å². The molecule has 12 aromatic rings. The second kappa shape index (κ2) is 38.2. The molecule has 4 aromatic carbocycles. The van der Waals surface area contributed by atoms with Crippen LogP contribution in [0.3, 0.4) is 0 Å². The van der Waals surface area contributed by atoms with Crippen LogP contribution in [-0.4, -0.2) is 113 Å². The van der Waals surface area contributed by atoms with Crippen molar-refractivity contribution in [3.05, 3.63) is 235 Å². The highest BCUT2D eigenvalue weighted by Gasteiger charge is 2.22. The molecule has 8 heterocycles. The molecule has 28 heteroatoms. The molecule has 0 fully saturated rings. The van der Waals surface area contributed by atoms with Crippen LogP contribution in [0.1, 0.15) is 114 Å². The summed E-state index contributed by atoms with van der Waals surface area (Å²) < 4.78 is 20.8. The van der Waals surface area contributed by atoms with Crippen molar-refractivity contribution in [2.45, 2.75) is 80.1 Å². The minimum Gasteiger partial charge on any atom is -0.496 e. The fourth-order valence-electron chi connectivity index (χ4n) is 11.2. The Morgan fingerprint density at radius 2 is 0.639 bits per heavy atom. The summed E-state index contributed by atoms with van der Waals surface area (Å²) in [6.45, 7) is 19.8. The largest absolute Gasteiger partial charge is 0.496 e. The quantitative estimate of drug-likeness (QED) is 0.0211. The summed E-state index contributed by atoms with van der Waals surface area (Å²) in [5.41, 5.74) is 11.0. The number of nitrogens with one attached hydrogen (secondary N) is 4. The zero-order valence-electron chi connectivity index (χ0n) is 60.9. The van der Waals surface area contributed by atoms with Crippen LogP contribution in [0.2, 0.25) is 0 Å². The number of carboxylic acids is 4. The maximum Gasteiger partial charge on any atom is 0.339 e. The maximum atomic E-state index is 11.3. The Bertz CT molecular complexity index is 5150. The van der Waals surface area contributed by atoms with E-state index in [4.69, 9.17) is 38.9 Å². The lowest BCUT2D eigenvalue weighted by Gasteiger charge is -2.16. The number of thiophene rings is 4. The van der Waals surface area contributed by atoms with Gasteiger partial charge in [-0.15, -0.1) is 58.5 Å². The van der Waals surface area contributed by atoms with Crippen LogP contribution in [-0.2, 0) is 38.5 Å². The van der Waals surface area contributed by atoms with Gasteiger partial charge in [-0.05, 0) is 147 Å². The van der Waals surface area contributed by atoms with Crippen LogP contribution in [0.5, 0.6) is 23.0 Å². The smallest absolute Gasteiger partial charge is 0.339 e. The molecule has 8 N–H and O–H groups in total. The van der Waals surface area contributed by atoms with Gasteiger partial charge in [0.25, 0.3) is 0 Å². The van der Waals surface area contributed by atoms with Gasteiger partial charge in [-0.1, -0.05) is 64.1 Å². The highest BCUT2D eigenvalue weighted by molar-refractivity contribution is 7.14. The van der Waals surface area contributed by atoms with E-state index in [1.165, 1.54) is 52.7 Å². The van der Waals surface area contributed by atoms with Crippen LogP contribution >= 0.6 is 45.3 Å². The molecule has 0 saturated carbocycles. The number of hydrogen-bond donors (Lipinski definition) is 8. The first-order valence-electron chi connectivity index (χ1n) is 33.9. The van der Waals surface area contributed by atoms with E-state index in [0.717, 1.165) is 96.0 Å². The maximum absolute atomic E-state index is 11.3. The van der Waals surface area contributed by atoms with E-state index in [2.05, 4.69) is 82.1 Å². The lowest BCUT2D eigenvalue weighted by atomic mass is 10.1. The predicted molar refractivity (Wildman–Crippen MR) is 429 cm³/mol. The Morgan fingerprint density at radius 3 is 0.907 bits per heavy atom. The number of aryl methyl sites for hydroxylation is 4. The molecule has 0 spiro atoms. The Labute approximate surface area is 640 Å². The van der Waals surface area contributed by atoms with Crippen LogP contribution in [0.15, 0.2) is 168 Å². The molecule has 0 atom stereocenters. The monoisotopic (exact) mass is 1530 g/mol. The number of aromatic nitrogens is 8. The van der Waals surface area contributed by atoms with Gasteiger partial charge in [0.1, 0.15) is 68.5 Å². The molecule has 556 valence electrons. The number of ether oxygens (including phenoxy) is 4. The second-order valence-electron chi connectivity index (χ2n) is 23.3. The van der Waals surface area contributed by atoms with Gasteiger partial charge in [0.15, 0.2) is 23.3 Å². The highest BCUT2D eigenvalue weighted by atomic mass is 32.1. The Kier molecular flexibility index (Phi) is 28.2. The fourth-order valence-corrected chi connectivity index (χ4v) is 13.8. The number of benzene rings is 4. The third-order valence-electron chi connectivity index (χ3n) is 16.4. The lowest BCUT2D eigenvalue weighted by molar-refractivity contribution is 0.0682. The lowest BCUT2D eigenvalue weighted by Crippen LogP contribution is -2.07. The van der Waals surface area contributed by atoms with E-state index in [0.29, 0.717) is 87.8 Å². The zero-order chi connectivity index (χ0) is 77.6. The number of allylic oxidation sites excluding steroid dienone is 2. The van der Waals surface area contributed by atoms with Gasteiger partial charge in [0.2, 0.25) is 0 Å². The van der Waals surface area contributed by atoms with E-state index < -0.39 is 23.9 Å². The number of hydrogen-bond acceptors (Lipinski definition) is 24. The molecule has 24 nitrogen and oxygen atoms in total. The fraction of sp³-hybridized carbons (Fsp3) is 0.200. The summed E-state index contributed by atoms with van der Waals surface area (Å²) in [7, 11) is 5.80. The zero-order valence-corrected chi connectivity index (χ0v) is 64.2. The number of methoxy groups -OCH3 is 4. The summed E-state index contributed by atoms with van der Waals surface area (Å²) in [4.78, 5) is 86.7. The minimum atomic E-state index is -1.04. The normalized spacial score (nSPS) is 10.5. The van der Waals surface area contributed by atoms with E-state index in [-0.39, 0.29) is 33.8 Å². The third kappa shape index (κ3) is 19.8. The Hall–Kier alpha value is -12.2. The number of carboxylic acid groups (broad SMARTS) is 4. The van der Waals surface area contributed by atoms with Crippen molar-refractivity contribution >= 4 is 115 Å². The van der Waals surface area contributed by atoms with Gasteiger partial charge >= 0.3 is 23.9 Å². The van der Waals surface area contributed by atoms with Crippen LogP contribution in [0, 0.1) is 13.8 Å². The third-order valence-corrected chi connectivity index (χ3v) is 19.9.